The summed E-state index contributed by atoms with van der Waals surface area (Å²) in [5.74, 6) is 0.787. The summed E-state index contributed by atoms with van der Waals surface area (Å²) < 4.78 is 3.42. The maximum atomic E-state index is 9.38. The highest BCUT2D eigenvalue weighted by atomic mass is 32.1. The molecule has 0 aliphatic carbocycles. The number of para-hydroxylation sites is 1. The zero-order chi connectivity index (χ0) is 25.2. The van der Waals surface area contributed by atoms with Crippen LogP contribution < -0.4 is 0 Å². The summed E-state index contributed by atoms with van der Waals surface area (Å²) in [6, 6.07) is 39.7. The summed E-state index contributed by atoms with van der Waals surface area (Å²) in [4.78, 5) is 11.5. The molecule has 0 aliphatic heterocycles. The van der Waals surface area contributed by atoms with Gasteiger partial charge in [-0.1, -0.05) is 72.8 Å². The molecule has 8 rings (SSSR count). The van der Waals surface area contributed by atoms with E-state index in [4.69, 9.17) is 9.97 Å². The second-order valence-electron chi connectivity index (χ2n) is 9.41. The number of benzene rings is 5. The number of hydrogen-bond donors (Lipinski definition) is 0. The van der Waals surface area contributed by atoms with Crippen molar-refractivity contribution in [2.45, 2.75) is 0 Å². The van der Waals surface area contributed by atoms with Crippen molar-refractivity contribution in [1.29, 1.82) is 5.26 Å². The first kappa shape index (κ1) is 21.1. The van der Waals surface area contributed by atoms with Gasteiger partial charge in [0.1, 0.15) is 16.0 Å². The van der Waals surface area contributed by atoms with Crippen LogP contribution in [0.25, 0.3) is 70.1 Å². The van der Waals surface area contributed by atoms with E-state index in [-0.39, 0.29) is 0 Å². The molecule has 4 nitrogen and oxygen atoms in total. The molecule has 3 heterocycles. The molecule has 0 bridgehead atoms. The molecule has 3 aromatic heterocycles. The largest absolute Gasteiger partial charge is 0.292 e. The van der Waals surface area contributed by atoms with E-state index in [0.29, 0.717) is 5.56 Å². The molecule has 5 heteroatoms. The SMILES string of the molecule is N#Cc1ccc(-c2nc3c(nc2-n2c4ccccc4c4cc5ccccc5cc42)sc2ccccc23)cc1. The molecule has 0 spiro atoms. The monoisotopic (exact) mass is 502 g/mol. The zero-order valence-corrected chi connectivity index (χ0v) is 20.9. The maximum absolute atomic E-state index is 9.38. The van der Waals surface area contributed by atoms with Gasteiger partial charge in [0.05, 0.1) is 22.7 Å². The Kier molecular flexibility index (Phi) is 4.42. The van der Waals surface area contributed by atoms with E-state index in [9.17, 15) is 5.26 Å². The first-order chi connectivity index (χ1) is 18.8. The quantitative estimate of drug-likeness (QED) is 0.238. The van der Waals surface area contributed by atoms with E-state index < -0.39 is 0 Å². The van der Waals surface area contributed by atoms with Crippen molar-refractivity contribution in [2.24, 2.45) is 0 Å². The number of nitrogens with zero attached hydrogens (tertiary/aromatic N) is 4. The maximum Gasteiger partial charge on any atom is 0.166 e. The van der Waals surface area contributed by atoms with Crippen LogP contribution in [0.4, 0.5) is 0 Å². The molecule has 8 aromatic rings. The Morgan fingerprint density at radius 1 is 0.658 bits per heavy atom. The zero-order valence-electron chi connectivity index (χ0n) is 20.1. The van der Waals surface area contributed by atoms with Gasteiger partial charge in [-0.25, -0.2) is 9.97 Å². The molecule has 0 N–H and O–H groups in total. The Labute approximate surface area is 221 Å². The number of thiophene rings is 1. The first-order valence-electron chi connectivity index (χ1n) is 12.4. The standard InChI is InChI=1S/C33H18N4S/c34-19-20-13-15-21(16-14-20)30-32(36-33-31(35-30)25-10-4-6-12-29(25)38-33)37-27-11-5-3-9-24(27)26-17-22-7-1-2-8-23(22)18-28(26)37/h1-18H. The summed E-state index contributed by atoms with van der Waals surface area (Å²) in [6.07, 6.45) is 0. The Morgan fingerprint density at radius 2 is 1.37 bits per heavy atom. The van der Waals surface area contributed by atoms with Crippen molar-refractivity contribution in [2.75, 3.05) is 0 Å². The molecular weight excluding hydrogens is 484 g/mol. The summed E-state index contributed by atoms with van der Waals surface area (Å²) in [5, 5.41) is 15.2. The highest BCUT2D eigenvalue weighted by Crippen LogP contribution is 2.39. The third kappa shape index (κ3) is 3.02. The van der Waals surface area contributed by atoms with Crippen molar-refractivity contribution in [3.05, 3.63) is 115 Å². The van der Waals surface area contributed by atoms with Crippen LogP contribution in [0.2, 0.25) is 0 Å². The van der Waals surface area contributed by atoms with E-state index in [1.165, 1.54) is 26.2 Å². The van der Waals surface area contributed by atoms with Crippen LogP contribution in [0.15, 0.2) is 109 Å². The minimum atomic E-state index is 0.619. The average Bonchev–Trinajstić information content (AvgIpc) is 3.50. The summed E-state index contributed by atoms with van der Waals surface area (Å²) in [5.41, 5.74) is 5.42. The lowest BCUT2D eigenvalue weighted by Gasteiger charge is -2.13. The van der Waals surface area contributed by atoms with Gasteiger partial charge in [-0.15, -0.1) is 11.3 Å². The number of aromatic nitrogens is 3. The molecule has 0 saturated carbocycles. The van der Waals surface area contributed by atoms with Crippen molar-refractivity contribution < 1.29 is 0 Å². The predicted molar refractivity (Wildman–Crippen MR) is 157 cm³/mol. The smallest absolute Gasteiger partial charge is 0.166 e. The fourth-order valence-electron chi connectivity index (χ4n) is 5.45. The molecule has 38 heavy (non-hydrogen) atoms. The molecule has 0 amide bonds. The Hall–Kier alpha value is -5.05. The molecule has 0 atom stereocenters. The third-order valence-corrected chi connectivity index (χ3v) is 8.29. The van der Waals surface area contributed by atoms with Crippen molar-refractivity contribution in [3.8, 4) is 23.1 Å². The lowest BCUT2D eigenvalue weighted by molar-refractivity contribution is 1.09. The van der Waals surface area contributed by atoms with Crippen LogP contribution in [0.1, 0.15) is 5.56 Å². The second-order valence-corrected chi connectivity index (χ2v) is 10.4. The van der Waals surface area contributed by atoms with E-state index in [2.05, 4.69) is 89.5 Å². The predicted octanol–water partition coefficient (Wildman–Crippen LogP) is 8.63. The van der Waals surface area contributed by atoms with Gasteiger partial charge in [0.25, 0.3) is 0 Å². The molecule has 0 aliphatic rings. The summed E-state index contributed by atoms with van der Waals surface area (Å²) in [7, 11) is 0. The number of fused-ring (bicyclic) bond motifs is 7. The summed E-state index contributed by atoms with van der Waals surface area (Å²) in [6.45, 7) is 0. The minimum Gasteiger partial charge on any atom is -0.292 e. The first-order valence-corrected chi connectivity index (χ1v) is 13.2. The average molecular weight is 503 g/mol. The van der Waals surface area contributed by atoms with E-state index in [1.54, 1.807) is 11.3 Å². The van der Waals surface area contributed by atoms with Gasteiger partial charge in [-0.2, -0.15) is 5.26 Å². The van der Waals surface area contributed by atoms with Crippen LogP contribution in [0.5, 0.6) is 0 Å². The van der Waals surface area contributed by atoms with Crippen LogP contribution >= 0.6 is 11.3 Å². The molecule has 0 radical (unpaired) electrons. The van der Waals surface area contributed by atoms with Crippen LogP contribution in [0, 0.1) is 11.3 Å². The minimum absolute atomic E-state index is 0.619. The Morgan fingerprint density at radius 3 is 2.18 bits per heavy atom. The lowest BCUT2D eigenvalue weighted by atomic mass is 10.1. The van der Waals surface area contributed by atoms with Gasteiger partial charge >= 0.3 is 0 Å². The number of rotatable bonds is 2. The molecular formula is C33H18N4S. The van der Waals surface area contributed by atoms with Gasteiger partial charge in [-0.05, 0) is 47.2 Å². The van der Waals surface area contributed by atoms with Gasteiger partial charge in [-0.3, -0.25) is 4.57 Å². The van der Waals surface area contributed by atoms with E-state index >= 15 is 0 Å². The van der Waals surface area contributed by atoms with Gasteiger partial charge in [0, 0.05) is 26.4 Å². The normalized spacial score (nSPS) is 11.7. The Bertz CT molecular complexity index is 2250. The second kappa shape index (κ2) is 7.97. The Balaban J connectivity index is 1.55. The highest BCUT2D eigenvalue weighted by Gasteiger charge is 2.21. The van der Waals surface area contributed by atoms with E-state index in [1.807, 2.05) is 30.3 Å². The van der Waals surface area contributed by atoms with E-state index in [0.717, 1.165) is 43.8 Å². The summed E-state index contributed by atoms with van der Waals surface area (Å²) >= 11 is 1.67. The van der Waals surface area contributed by atoms with Crippen molar-refractivity contribution in [3.63, 3.8) is 0 Å². The lowest BCUT2D eigenvalue weighted by Crippen LogP contribution is -2.03. The van der Waals surface area contributed by atoms with Crippen LogP contribution in [-0.2, 0) is 0 Å². The molecule has 176 valence electrons. The molecule has 5 aromatic carbocycles. The van der Waals surface area contributed by atoms with Crippen molar-refractivity contribution in [1.82, 2.24) is 14.5 Å². The van der Waals surface area contributed by atoms with Gasteiger partial charge in [0.15, 0.2) is 5.82 Å². The van der Waals surface area contributed by atoms with Gasteiger partial charge < -0.3 is 0 Å². The molecule has 0 saturated heterocycles. The molecule has 0 fully saturated rings. The fraction of sp³-hybridized carbons (Fsp3) is 0. The van der Waals surface area contributed by atoms with Crippen LogP contribution in [0.3, 0.4) is 0 Å². The third-order valence-electron chi connectivity index (χ3n) is 7.23. The number of nitriles is 1. The molecule has 0 unspecified atom stereocenters. The van der Waals surface area contributed by atoms with Crippen molar-refractivity contribution >= 4 is 64.3 Å². The number of hydrogen-bond acceptors (Lipinski definition) is 4. The fourth-order valence-corrected chi connectivity index (χ4v) is 6.46. The van der Waals surface area contributed by atoms with Crippen LogP contribution in [-0.4, -0.2) is 14.5 Å². The van der Waals surface area contributed by atoms with Gasteiger partial charge in [0.2, 0.25) is 0 Å². The topological polar surface area (TPSA) is 54.5 Å². The highest BCUT2D eigenvalue weighted by molar-refractivity contribution is 7.25.